The highest BCUT2D eigenvalue weighted by Crippen LogP contribution is 2.20. The average molecular weight is 524 g/mol. The van der Waals surface area contributed by atoms with E-state index in [1.165, 1.54) is 43.5 Å². The molecule has 4 N–H and O–H groups in total. The molecule has 36 heavy (non-hydrogen) atoms. The van der Waals surface area contributed by atoms with E-state index < -0.39 is 54.1 Å². The molecule has 194 valence electrons. The predicted octanol–water partition coefficient (Wildman–Crippen LogP) is 2.07. The van der Waals surface area contributed by atoms with Gasteiger partial charge in [0.1, 0.15) is 23.9 Å². The monoisotopic (exact) mass is 523 g/mol. The van der Waals surface area contributed by atoms with Gasteiger partial charge in [-0.2, -0.15) is 0 Å². The maximum Gasteiger partial charge on any atom is 0.328 e. The maximum atomic E-state index is 13.0. The number of hydrogen-bond donors (Lipinski definition) is 3. The third-order valence-corrected chi connectivity index (χ3v) is 4.98. The van der Waals surface area contributed by atoms with Crippen molar-refractivity contribution >= 4 is 46.7 Å². The number of nitrogen functional groups attached to an aromatic ring is 1. The van der Waals surface area contributed by atoms with Gasteiger partial charge < -0.3 is 20.4 Å². The first kappa shape index (κ1) is 28.3. The molecule has 0 saturated heterocycles. The Kier molecular flexibility index (Phi) is 9.17. The number of hydrazine groups is 1. The summed E-state index contributed by atoms with van der Waals surface area (Å²) in [7, 11) is 0. The van der Waals surface area contributed by atoms with Crippen molar-refractivity contribution in [3.63, 3.8) is 0 Å². The molecule has 0 aliphatic carbocycles. The Bertz CT molecular complexity index is 1230. The van der Waals surface area contributed by atoms with Gasteiger partial charge in [0.25, 0.3) is 23.3 Å². The van der Waals surface area contributed by atoms with Gasteiger partial charge >= 0.3 is 5.97 Å². The number of anilines is 2. The van der Waals surface area contributed by atoms with Gasteiger partial charge in [0.15, 0.2) is 6.67 Å². The smallest absolute Gasteiger partial charge is 0.328 e. The van der Waals surface area contributed by atoms with Gasteiger partial charge in [-0.3, -0.25) is 29.4 Å². The van der Waals surface area contributed by atoms with Crippen LogP contribution in [0.4, 0.5) is 15.8 Å². The molecule has 1 heterocycles. The number of ether oxygens (including phenoxy) is 1. The second kappa shape index (κ2) is 11.7. The van der Waals surface area contributed by atoms with Crippen LogP contribution in [0, 0.1) is 0 Å². The second-order valence-electron chi connectivity index (χ2n) is 8.68. The number of aromatic nitrogens is 1. The standard InChI is InChI=1S/C23H27ClFN5O6/c1-13(20(33)28-30(18(31)11-25)12-19(32)36-23(2,3)4)29-9-5-6-17(22(29)35)27-21(34)14-7-8-16(26)15(24)10-14/h5-10,13H,11-12,26H2,1-4H3,(H,27,34)(H,28,33). The van der Waals surface area contributed by atoms with Crippen LogP contribution in [0.3, 0.4) is 0 Å². The summed E-state index contributed by atoms with van der Waals surface area (Å²) in [5.41, 5.74) is 6.47. The lowest BCUT2D eigenvalue weighted by atomic mass is 10.2. The van der Waals surface area contributed by atoms with E-state index in [0.29, 0.717) is 5.01 Å². The Hall–Kier alpha value is -3.93. The van der Waals surface area contributed by atoms with Crippen molar-refractivity contribution in [1.82, 2.24) is 15.0 Å². The molecule has 0 spiro atoms. The normalized spacial score (nSPS) is 11.8. The first-order chi connectivity index (χ1) is 16.7. The van der Waals surface area contributed by atoms with Crippen LogP contribution in [-0.2, 0) is 19.1 Å². The number of carbonyl (C=O) groups excluding carboxylic acids is 4. The summed E-state index contributed by atoms with van der Waals surface area (Å²) in [5, 5.41) is 3.09. The number of nitrogens with zero attached hydrogens (tertiary/aromatic N) is 2. The van der Waals surface area contributed by atoms with Crippen LogP contribution in [0.2, 0.25) is 5.02 Å². The molecule has 0 aliphatic rings. The lowest BCUT2D eigenvalue weighted by Crippen LogP contribution is -2.52. The molecule has 11 nitrogen and oxygen atoms in total. The number of halogens is 2. The summed E-state index contributed by atoms with van der Waals surface area (Å²) < 4.78 is 19.1. The quantitative estimate of drug-likeness (QED) is 0.285. The fourth-order valence-electron chi connectivity index (χ4n) is 2.89. The number of amides is 3. The first-order valence-corrected chi connectivity index (χ1v) is 11.1. The van der Waals surface area contributed by atoms with Crippen LogP contribution < -0.4 is 22.0 Å². The van der Waals surface area contributed by atoms with Gasteiger partial charge in [0.2, 0.25) is 0 Å². The number of benzene rings is 1. The summed E-state index contributed by atoms with van der Waals surface area (Å²) in [6.45, 7) is 3.93. The van der Waals surface area contributed by atoms with E-state index in [1.54, 1.807) is 20.8 Å². The minimum atomic E-state index is -1.48. The molecular formula is C23H27ClFN5O6. The van der Waals surface area contributed by atoms with E-state index in [0.717, 1.165) is 4.57 Å². The number of nitrogens with one attached hydrogen (secondary N) is 2. The lowest BCUT2D eigenvalue weighted by Gasteiger charge is -2.26. The van der Waals surface area contributed by atoms with Crippen LogP contribution in [-0.4, -0.2) is 52.1 Å². The minimum absolute atomic E-state index is 0.138. The Morgan fingerprint density at radius 3 is 2.47 bits per heavy atom. The molecule has 3 amide bonds. The van der Waals surface area contributed by atoms with Crippen molar-refractivity contribution < 1.29 is 28.3 Å². The maximum absolute atomic E-state index is 13.0. The van der Waals surface area contributed by atoms with Crippen molar-refractivity contribution in [1.29, 1.82) is 0 Å². The van der Waals surface area contributed by atoms with E-state index >= 15 is 0 Å². The number of alkyl halides is 1. The zero-order valence-electron chi connectivity index (χ0n) is 20.1. The molecule has 0 fully saturated rings. The molecule has 1 aromatic carbocycles. The van der Waals surface area contributed by atoms with E-state index in [9.17, 15) is 28.4 Å². The number of hydrogen-bond acceptors (Lipinski definition) is 7. The van der Waals surface area contributed by atoms with Crippen LogP contribution in [0.1, 0.15) is 44.1 Å². The van der Waals surface area contributed by atoms with Crippen LogP contribution in [0.15, 0.2) is 41.3 Å². The number of esters is 1. The number of pyridine rings is 1. The molecule has 1 aromatic heterocycles. The number of carbonyl (C=O) groups is 4. The van der Waals surface area contributed by atoms with E-state index in [1.807, 2.05) is 0 Å². The Balaban J connectivity index is 2.20. The first-order valence-electron chi connectivity index (χ1n) is 10.7. The summed E-state index contributed by atoms with van der Waals surface area (Å²) in [4.78, 5) is 62.2. The van der Waals surface area contributed by atoms with E-state index in [4.69, 9.17) is 22.1 Å². The molecule has 1 unspecified atom stereocenters. The summed E-state index contributed by atoms with van der Waals surface area (Å²) in [5.74, 6) is -3.59. The Morgan fingerprint density at radius 1 is 1.22 bits per heavy atom. The van der Waals surface area contributed by atoms with Crippen LogP contribution in [0.5, 0.6) is 0 Å². The third kappa shape index (κ3) is 7.54. The third-order valence-electron chi connectivity index (χ3n) is 4.65. The number of nitrogens with two attached hydrogens (primary N) is 1. The highest BCUT2D eigenvalue weighted by Gasteiger charge is 2.26. The van der Waals surface area contributed by atoms with Crippen molar-refractivity contribution in [2.24, 2.45) is 0 Å². The van der Waals surface area contributed by atoms with Gasteiger partial charge in [-0.05, 0) is 58.0 Å². The van der Waals surface area contributed by atoms with Gasteiger partial charge in [0, 0.05) is 11.8 Å². The highest BCUT2D eigenvalue weighted by atomic mass is 35.5. The molecule has 2 rings (SSSR count). The molecule has 0 saturated carbocycles. The molecule has 0 aliphatic heterocycles. The van der Waals surface area contributed by atoms with Crippen molar-refractivity contribution in [3.8, 4) is 0 Å². The second-order valence-corrected chi connectivity index (χ2v) is 9.08. The topological polar surface area (TPSA) is 153 Å². The van der Waals surface area contributed by atoms with E-state index in [2.05, 4.69) is 10.7 Å². The minimum Gasteiger partial charge on any atom is -0.459 e. The molecule has 13 heteroatoms. The zero-order chi connectivity index (χ0) is 27.2. The van der Waals surface area contributed by atoms with Crippen molar-refractivity contribution in [2.75, 3.05) is 24.3 Å². The van der Waals surface area contributed by atoms with Crippen molar-refractivity contribution in [2.45, 2.75) is 39.3 Å². The largest absolute Gasteiger partial charge is 0.459 e. The van der Waals surface area contributed by atoms with Crippen LogP contribution in [0.25, 0.3) is 0 Å². The summed E-state index contributed by atoms with van der Waals surface area (Å²) in [6, 6.07) is 5.74. The van der Waals surface area contributed by atoms with Gasteiger partial charge in [0.05, 0.1) is 10.7 Å². The molecular weight excluding hydrogens is 497 g/mol. The fraction of sp³-hybridized carbons (Fsp3) is 0.348. The van der Waals surface area contributed by atoms with Gasteiger partial charge in [-0.1, -0.05) is 11.6 Å². The lowest BCUT2D eigenvalue weighted by molar-refractivity contribution is -0.161. The van der Waals surface area contributed by atoms with Gasteiger partial charge in [-0.25, -0.2) is 9.40 Å². The van der Waals surface area contributed by atoms with Gasteiger partial charge in [-0.15, -0.1) is 0 Å². The van der Waals surface area contributed by atoms with Crippen LogP contribution >= 0.6 is 11.6 Å². The SMILES string of the molecule is CC(C(=O)NN(CC(=O)OC(C)(C)C)C(=O)CF)n1cccc(NC(=O)c2ccc(N)c(Cl)c2)c1=O. The summed E-state index contributed by atoms with van der Waals surface area (Å²) >= 11 is 5.94. The molecule has 0 bridgehead atoms. The summed E-state index contributed by atoms with van der Waals surface area (Å²) in [6.07, 6.45) is 1.29. The van der Waals surface area contributed by atoms with Crippen molar-refractivity contribution in [3.05, 3.63) is 57.5 Å². The number of rotatable bonds is 7. The fourth-order valence-corrected chi connectivity index (χ4v) is 3.07. The molecule has 0 radical (unpaired) electrons. The van der Waals surface area contributed by atoms with E-state index in [-0.39, 0.29) is 22.0 Å². The highest BCUT2D eigenvalue weighted by molar-refractivity contribution is 6.33. The predicted molar refractivity (Wildman–Crippen MR) is 131 cm³/mol. The Morgan fingerprint density at radius 2 is 1.89 bits per heavy atom. The zero-order valence-corrected chi connectivity index (χ0v) is 20.9. The average Bonchev–Trinajstić information content (AvgIpc) is 2.79. The molecule has 1 atom stereocenters. The molecule has 2 aromatic rings. The Labute approximate surface area is 211 Å².